The van der Waals surface area contributed by atoms with E-state index in [1.165, 1.54) is 10.4 Å². The Bertz CT molecular complexity index is 1240. The van der Waals surface area contributed by atoms with Gasteiger partial charge in [-0.05, 0) is 36.2 Å². The summed E-state index contributed by atoms with van der Waals surface area (Å²) in [6, 6.07) is 22.6. The largest absolute Gasteiger partial charge is 0.335 e. The third-order valence-electron chi connectivity index (χ3n) is 6.13. The number of hydrogen-bond acceptors (Lipinski definition) is 3. The average Bonchev–Trinajstić information content (AvgIpc) is 3.33. The molecule has 1 fully saturated rings. The van der Waals surface area contributed by atoms with E-state index < -0.39 is 0 Å². The van der Waals surface area contributed by atoms with Gasteiger partial charge in [0.2, 0.25) is 0 Å². The lowest BCUT2D eigenvalue weighted by atomic mass is 10.2. The van der Waals surface area contributed by atoms with Gasteiger partial charge in [-0.3, -0.25) is 9.69 Å². The first kappa shape index (κ1) is 21.3. The number of aryl methyl sites for hydroxylation is 1. The normalized spacial score (nSPS) is 14.9. The van der Waals surface area contributed by atoms with Gasteiger partial charge in [-0.25, -0.2) is 0 Å². The standard InChI is InChI=1S/C26H26ClN3OS/c1-19-15-23-25(32-19)16-24(30(23)18-21-9-5-6-10-22(21)27)26(31)29-13-11-28(12-14-29)17-20-7-3-2-4-8-20/h2-10,15-16H,11-14,17-18H2,1H3. The summed E-state index contributed by atoms with van der Waals surface area (Å²) in [6.45, 7) is 6.90. The lowest BCUT2D eigenvalue weighted by Crippen LogP contribution is -2.48. The van der Waals surface area contributed by atoms with E-state index in [-0.39, 0.29) is 5.91 Å². The fourth-order valence-electron chi connectivity index (χ4n) is 4.42. The minimum atomic E-state index is 0.109. The molecule has 0 N–H and O–H groups in total. The first-order chi connectivity index (χ1) is 15.6. The Morgan fingerprint density at radius 3 is 2.41 bits per heavy atom. The summed E-state index contributed by atoms with van der Waals surface area (Å²) in [6.07, 6.45) is 0. The summed E-state index contributed by atoms with van der Waals surface area (Å²) < 4.78 is 3.29. The number of benzene rings is 2. The van der Waals surface area contributed by atoms with Crippen LogP contribution in [0.2, 0.25) is 5.02 Å². The number of halogens is 1. The molecule has 0 saturated carbocycles. The highest BCUT2D eigenvalue weighted by Gasteiger charge is 2.26. The zero-order valence-electron chi connectivity index (χ0n) is 18.1. The van der Waals surface area contributed by atoms with Crippen molar-refractivity contribution in [3.05, 3.63) is 93.5 Å². The highest BCUT2D eigenvalue weighted by Crippen LogP contribution is 2.31. The van der Waals surface area contributed by atoms with Gasteiger partial charge in [-0.15, -0.1) is 11.3 Å². The topological polar surface area (TPSA) is 28.5 Å². The van der Waals surface area contributed by atoms with Crippen LogP contribution in [0.5, 0.6) is 0 Å². The second-order valence-corrected chi connectivity index (χ2v) is 10.1. The molecule has 1 saturated heterocycles. The van der Waals surface area contributed by atoms with Gasteiger partial charge in [0.05, 0.1) is 10.2 Å². The van der Waals surface area contributed by atoms with Crippen molar-refractivity contribution in [2.24, 2.45) is 0 Å². The summed E-state index contributed by atoms with van der Waals surface area (Å²) in [7, 11) is 0. The fraction of sp³-hybridized carbons (Fsp3) is 0.269. The Labute approximate surface area is 197 Å². The molecule has 1 aliphatic rings. The van der Waals surface area contributed by atoms with Crippen molar-refractivity contribution in [2.75, 3.05) is 26.2 Å². The fourth-order valence-corrected chi connectivity index (χ4v) is 5.58. The number of amides is 1. The number of hydrogen-bond donors (Lipinski definition) is 0. The van der Waals surface area contributed by atoms with Crippen LogP contribution in [-0.4, -0.2) is 46.5 Å². The molecule has 2 aromatic heterocycles. The van der Waals surface area contributed by atoms with E-state index in [4.69, 9.17) is 11.6 Å². The Morgan fingerprint density at radius 2 is 1.66 bits per heavy atom. The number of carbonyl (C=O) groups excluding carboxylic acids is 1. The number of thiophene rings is 1. The maximum Gasteiger partial charge on any atom is 0.270 e. The van der Waals surface area contributed by atoms with Crippen molar-refractivity contribution in [2.45, 2.75) is 20.0 Å². The maximum absolute atomic E-state index is 13.6. The van der Waals surface area contributed by atoms with Gasteiger partial charge < -0.3 is 9.47 Å². The smallest absolute Gasteiger partial charge is 0.270 e. The molecular formula is C26H26ClN3OS. The van der Waals surface area contributed by atoms with Crippen LogP contribution in [0.4, 0.5) is 0 Å². The van der Waals surface area contributed by atoms with Gasteiger partial charge in [0.25, 0.3) is 5.91 Å². The summed E-state index contributed by atoms with van der Waals surface area (Å²) in [5.74, 6) is 0.109. The number of fused-ring (bicyclic) bond motifs is 1. The summed E-state index contributed by atoms with van der Waals surface area (Å²) in [5.41, 5.74) is 4.20. The minimum absolute atomic E-state index is 0.109. The summed E-state index contributed by atoms with van der Waals surface area (Å²) >= 11 is 8.18. The first-order valence-corrected chi connectivity index (χ1v) is 12.2. The van der Waals surface area contributed by atoms with Crippen molar-refractivity contribution < 1.29 is 4.79 Å². The molecule has 5 rings (SSSR count). The van der Waals surface area contributed by atoms with Crippen molar-refractivity contribution >= 4 is 39.1 Å². The quantitative estimate of drug-likeness (QED) is 0.381. The number of aromatic nitrogens is 1. The highest BCUT2D eigenvalue weighted by atomic mass is 35.5. The molecular weight excluding hydrogens is 438 g/mol. The molecule has 0 unspecified atom stereocenters. The minimum Gasteiger partial charge on any atom is -0.335 e. The Balaban J connectivity index is 1.36. The third-order valence-corrected chi connectivity index (χ3v) is 7.48. The van der Waals surface area contributed by atoms with E-state index in [2.05, 4.69) is 52.8 Å². The molecule has 32 heavy (non-hydrogen) atoms. The monoisotopic (exact) mass is 463 g/mol. The van der Waals surface area contributed by atoms with E-state index in [0.29, 0.717) is 6.54 Å². The van der Waals surface area contributed by atoms with Crippen LogP contribution < -0.4 is 0 Å². The number of piperazine rings is 1. The number of rotatable bonds is 5. The van der Waals surface area contributed by atoms with E-state index in [9.17, 15) is 4.79 Å². The van der Waals surface area contributed by atoms with Crippen LogP contribution in [0, 0.1) is 6.92 Å². The van der Waals surface area contributed by atoms with Gasteiger partial charge in [0.15, 0.2) is 0 Å². The molecule has 3 heterocycles. The molecule has 0 atom stereocenters. The number of nitrogens with zero attached hydrogens (tertiary/aromatic N) is 3. The third kappa shape index (κ3) is 4.33. The molecule has 1 amide bonds. The lowest BCUT2D eigenvalue weighted by Gasteiger charge is -2.35. The van der Waals surface area contributed by atoms with Crippen LogP contribution in [0.1, 0.15) is 26.5 Å². The van der Waals surface area contributed by atoms with Gasteiger partial charge in [-0.2, -0.15) is 0 Å². The average molecular weight is 464 g/mol. The van der Waals surface area contributed by atoms with Crippen molar-refractivity contribution in [1.82, 2.24) is 14.4 Å². The molecule has 0 aliphatic carbocycles. The summed E-state index contributed by atoms with van der Waals surface area (Å²) in [5, 5.41) is 0.731. The predicted molar refractivity (Wildman–Crippen MR) is 133 cm³/mol. The Morgan fingerprint density at radius 1 is 0.938 bits per heavy atom. The molecule has 4 nitrogen and oxygen atoms in total. The Kier molecular flexibility index (Phi) is 6.05. The van der Waals surface area contributed by atoms with Crippen LogP contribution in [-0.2, 0) is 13.1 Å². The van der Waals surface area contributed by atoms with Gasteiger partial charge in [-0.1, -0.05) is 60.1 Å². The van der Waals surface area contributed by atoms with Crippen LogP contribution >= 0.6 is 22.9 Å². The molecule has 4 aromatic rings. The predicted octanol–water partition coefficient (Wildman–Crippen LogP) is 5.67. The van der Waals surface area contributed by atoms with Crippen molar-refractivity contribution in [3.8, 4) is 0 Å². The van der Waals surface area contributed by atoms with Gasteiger partial charge in [0.1, 0.15) is 5.69 Å². The van der Waals surface area contributed by atoms with Crippen LogP contribution in [0.25, 0.3) is 10.2 Å². The van der Waals surface area contributed by atoms with Crippen LogP contribution in [0.15, 0.2) is 66.7 Å². The highest BCUT2D eigenvalue weighted by molar-refractivity contribution is 7.19. The first-order valence-electron chi connectivity index (χ1n) is 11.0. The second-order valence-electron chi connectivity index (χ2n) is 8.37. The Hall–Kier alpha value is -2.60. The van der Waals surface area contributed by atoms with Gasteiger partial charge >= 0.3 is 0 Å². The van der Waals surface area contributed by atoms with E-state index in [1.54, 1.807) is 11.3 Å². The molecule has 164 valence electrons. The van der Waals surface area contributed by atoms with Crippen LogP contribution in [0.3, 0.4) is 0 Å². The molecule has 6 heteroatoms. The molecule has 0 spiro atoms. The van der Waals surface area contributed by atoms with E-state index in [1.807, 2.05) is 35.2 Å². The lowest BCUT2D eigenvalue weighted by molar-refractivity contribution is 0.0619. The maximum atomic E-state index is 13.6. The number of carbonyl (C=O) groups is 1. The van der Waals surface area contributed by atoms with E-state index >= 15 is 0 Å². The SMILES string of the molecule is Cc1cc2c(cc(C(=O)N3CCN(Cc4ccccc4)CC3)n2Cc2ccccc2Cl)s1. The van der Waals surface area contributed by atoms with Crippen molar-refractivity contribution in [3.63, 3.8) is 0 Å². The second kappa shape index (κ2) is 9.10. The van der Waals surface area contributed by atoms with Crippen molar-refractivity contribution in [1.29, 1.82) is 0 Å². The zero-order chi connectivity index (χ0) is 22.1. The molecule has 2 aromatic carbocycles. The molecule has 0 radical (unpaired) electrons. The van der Waals surface area contributed by atoms with Gasteiger partial charge in [0, 0.05) is 49.2 Å². The zero-order valence-corrected chi connectivity index (χ0v) is 19.7. The summed E-state index contributed by atoms with van der Waals surface area (Å²) in [4.78, 5) is 19.2. The van der Waals surface area contributed by atoms with E-state index in [0.717, 1.165) is 59.2 Å². The molecule has 1 aliphatic heterocycles. The molecule has 0 bridgehead atoms.